The third-order valence-corrected chi connectivity index (χ3v) is 10.9. The van der Waals surface area contributed by atoms with Crippen molar-refractivity contribution in [2.45, 2.75) is 36.9 Å². The number of nitrogens with one attached hydrogen (secondary N) is 1. The van der Waals surface area contributed by atoms with E-state index in [0.717, 1.165) is 27.8 Å². The summed E-state index contributed by atoms with van der Waals surface area (Å²) >= 11 is 7.43. The number of hydrogen-bond donors (Lipinski definition) is 1. The van der Waals surface area contributed by atoms with E-state index >= 15 is 0 Å². The Morgan fingerprint density at radius 3 is 2.62 bits per heavy atom. The molecule has 2 saturated heterocycles. The number of fused-ring (bicyclic) bond motifs is 2. The van der Waals surface area contributed by atoms with Gasteiger partial charge in [0.2, 0.25) is 15.9 Å². The van der Waals surface area contributed by atoms with Gasteiger partial charge >= 0.3 is 0 Å². The molecule has 4 heterocycles. The number of halogens is 1. The number of carbonyl (C=O) groups is 2. The Labute approximate surface area is 241 Å². The minimum Gasteiger partial charge on any atom is -0.378 e. The van der Waals surface area contributed by atoms with Gasteiger partial charge in [0.05, 0.1) is 23.8 Å². The van der Waals surface area contributed by atoms with Crippen molar-refractivity contribution < 1.29 is 22.7 Å². The van der Waals surface area contributed by atoms with Crippen molar-refractivity contribution in [3.63, 3.8) is 0 Å². The molecule has 0 bridgehead atoms. The van der Waals surface area contributed by atoms with Crippen LogP contribution in [0, 0.1) is 0 Å². The maximum atomic E-state index is 13.8. The molecule has 2 aromatic carbocycles. The molecule has 1 N–H and O–H groups in total. The number of morpholine rings is 1. The van der Waals surface area contributed by atoms with Gasteiger partial charge in [-0.25, -0.2) is 13.4 Å². The summed E-state index contributed by atoms with van der Waals surface area (Å²) in [5.41, 5.74) is 0.912. The second-order valence-corrected chi connectivity index (χ2v) is 13.8. The van der Waals surface area contributed by atoms with Gasteiger partial charge in [0.1, 0.15) is 6.04 Å². The second-order valence-electron chi connectivity index (χ2n) is 10.3. The molecule has 13 heteroatoms. The van der Waals surface area contributed by atoms with Gasteiger partial charge in [-0.15, -0.1) is 11.3 Å². The first-order valence-corrected chi connectivity index (χ1v) is 15.9. The van der Waals surface area contributed by atoms with Gasteiger partial charge < -0.3 is 19.9 Å². The van der Waals surface area contributed by atoms with Crippen molar-refractivity contribution in [2.75, 3.05) is 45.9 Å². The number of aromatic nitrogens is 1. The smallest absolute Gasteiger partial charge is 0.283 e. The van der Waals surface area contributed by atoms with Crippen LogP contribution >= 0.6 is 22.9 Å². The molecule has 10 nitrogen and oxygen atoms in total. The molecule has 1 aromatic heterocycles. The number of rotatable bonds is 4. The highest BCUT2D eigenvalue weighted by Crippen LogP contribution is 2.29. The Balaban J connectivity index is 1.29. The zero-order valence-electron chi connectivity index (χ0n) is 22.0. The first-order chi connectivity index (χ1) is 19.2. The zero-order valence-corrected chi connectivity index (χ0v) is 24.4. The predicted molar refractivity (Wildman–Crippen MR) is 152 cm³/mol. The number of piperazine rings is 1. The van der Waals surface area contributed by atoms with E-state index in [1.807, 2.05) is 0 Å². The van der Waals surface area contributed by atoms with E-state index in [2.05, 4.69) is 17.2 Å². The lowest BCUT2D eigenvalue weighted by atomic mass is 10.1. The van der Waals surface area contributed by atoms with E-state index in [1.54, 1.807) is 41.3 Å². The number of hydrogen-bond acceptors (Lipinski definition) is 8. The zero-order chi connectivity index (χ0) is 28.0. The average Bonchev–Trinajstić information content (AvgIpc) is 3.39. The van der Waals surface area contributed by atoms with E-state index in [0.29, 0.717) is 42.9 Å². The highest BCUT2D eigenvalue weighted by molar-refractivity contribution is 7.89. The Morgan fingerprint density at radius 2 is 1.82 bits per heavy atom. The normalized spacial score (nSPS) is 22.4. The van der Waals surface area contributed by atoms with Crippen LogP contribution in [0.15, 0.2) is 41.3 Å². The number of benzene rings is 2. The predicted octanol–water partition coefficient (Wildman–Crippen LogP) is 2.36. The van der Waals surface area contributed by atoms with Crippen LogP contribution in [0.3, 0.4) is 0 Å². The van der Waals surface area contributed by atoms with E-state index in [-0.39, 0.29) is 42.4 Å². The maximum Gasteiger partial charge on any atom is 0.283 e. The van der Waals surface area contributed by atoms with Crippen LogP contribution in [-0.2, 0) is 32.5 Å². The molecule has 2 atom stereocenters. The van der Waals surface area contributed by atoms with Crippen LogP contribution < -0.4 is 5.32 Å². The topological polar surface area (TPSA) is 112 Å². The molecule has 6 rings (SSSR count). The molecule has 0 radical (unpaired) electrons. The van der Waals surface area contributed by atoms with Crippen LogP contribution in [0.4, 0.5) is 0 Å². The van der Waals surface area contributed by atoms with Crippen molar-refractivity contribution in [3.05, 3.63) is 57.0 Å². The van der Waals surface area contributed by atoms with Crippen LogP contribution in [0.1, 0.15) is 27.3 Å². The number of nitrogens with zero attached hydrogens (tertiary/aromatic N) is 4. The van der Waals surface area contributed by atoms with Crippen molar-refractivity contribution >= 4 is 55.5 Å². The van der Waals surface area contributed by atoms with Crippen molar-refractivity contribution in [1.82, 2.24) is 24.4 Å². The molecule has 3 aliphatic heterocycles. The van der Waals surface area contributed by atoms with E-state index < -0.39 is 16.1 Å². The third-order valence-electron chi connectivity index (χ3n) is 7.70. The van der Waals surface area contributed by atoms with Gasteiger partial charge in [-0.05, 0) is 42.0 Å². The number of amides is 2. The fourth-order valence-corrected chi connectivity index (χ4v) is 8.10. The summed E-state index contributed by atoms with van der Waals surface area (Å²) in [6.07, 6.45) is 0.735. The minimum absolute atomic E-state index is 0.0727. The fourth-order valence-electron chi connectivity index (χ4n) is 5.45. The van der Waals surface area contributed by atoms with Crippen molar-refractivity contribution in [3.8, 4) is 0 Å². The summed E-state index contributed by atoms with van der Waals surface area (Å²) in [6, 6.07) is 9.48. The first kappa shape index (κ1) is 27.6. The number of thiazole rings is 1. The van der Waals surface area contributed by atoms with Crippen molar-refractivity contribution in [2.24, 2.45) is 0 Å². The lowest BCUT2D eigenvalue weighted by molar-refractivity contribution is -0.141. The molecule has 212 valence electrons. The molecule has 0 spiro atoms. The van der Waals surface area contributed by atoms with Gasteiger partial charge in [-0.3, -0.25) is 9.59 Å². The first-order valence-electron chi connectivity index (χ1n) is 13.3. The largest absolute Gasteiger partial charge is 0.378 e. The number of ether oxygens (including phenoxy) is 1. The lowest BCUT2D eigenvalue weighted by Gasteiger charge is -2.42. The SMILES string of the molecule is CC1Cc2nc(C(=O)N3CCN(S(=O)(=O)c4ccc5cc(Cl)ccc5c4)CC3C(=O)N3CCOCC3)sc2CN1. The second kappa shape index (κ2) is 11.0. The summed E-state index contributed by atoms with van der Waals surface area (Å²) in [5, 5.41) is 5.87. The highest BCUT2D eigenvalue weighted by atomic mass is 35.5. The lowest BCUT2D eigenvalue weighted by Crippen LogP contribution is -2.62. The van der Waals surface area contributed by atoms with Gasteiger partial charge in [-0.2, -0.15) is 4.31 Å². The Morgan fingerprint density at radius 1 is 1.07 bits per heavy atom. The van der Waals surface area contributed by atoms with Gasteiger partial charge in [0.25, 0.3) is 5.91 Å². The monoisotopic (exact) mass is 603 g/mol. The maximum absolute atomic E-state index is 13.8. The molecule has 3 aliphatic rings. The van der Waals surface area contributed by atoms with Crippen LogP contribution in [0.5, 0.6) is 0 Å². The van der Waals surface area contributed by atoms with E-state index in [9.17, 15) is 18.0 Å². The molecule has 2 fully saturated rings. The van der Waals surface area contributed by atoms with E-state index in [1.165, 1.54) is 20.5 Å². The number of carbonyl (C=O) groups excluding carboxylic acids is 2. The molecular formula is C27H30ClN5O5S2. The third kappa shape index (κ3) is 5.24. The standard InChI is InChI=1S/C27H30ClN5O5S2/c1-17-12-22-24(15-29-17)39-25(30-22)27(35)33-7-6-32(16-23(33)26(34)31-8-10-38-11-9-31)40(36,37)21-5-3-18-13-20(28)4-2-19(18)14-21/h2-5,13-14,17,23,29H,6-12,15-16H2,1H3. The Kier molecular flexibility index (Phi) is 7.57. The summed E-state index contributed by atoms with van der Waals surface area (Å²) < 4.78 is 34.3. The molecule has 0 aliphatic carbocycles. The summed E-state index contributed by atoms with van der Waals surface area (Å²) in [5.74, 6) is -0.611. The fraction of sp³-hybridized carbons (Fsp3) is 0.444. The average molecular weight is 604 g/mol. The molecule has 2 unspecified atom stereocenters. The van der Waals surface area contributed by atoms with Gasteiger partial charge in [0.15, 0.2) is 5.01 Å². The summed E-state index contributed by atoms with van der Waals surface area (Å²) in [6.45, 7) is 4.35. The van der Waals surface area contributed by atoms with Gasteiger partial charge in [-0.1, -0.05) is 23.7 Å². The minimum atomic E-state index is -3.94. The van der Waals surface area contributed by atoms with E-state index in [4.69, 9.17) is 16.3 Å². The highest BCUT2D eigenvalue weighted by Gasteiger charge is 2.43. The molecule has 40 heavy (non-hydrogen) atoms. The Hall–Kier alpha value is -2.61. The van der Waals surface area contributed by atoms with Crippen LogP contribution in [-0.4, -0.2) is 97.3 Å². The molecule has 0 saturated carbocycles. The van der Waals surface area contributed by atoms with Crippen LogP contribution in [0.2, 0.25) is 5.02 Å². The molecule has 2 amide bonds. The molecule has 3 aromatic rings. The summed E-state index contributed by atoms with van der Waals surface area (Å²) in [7, 11) is -3.94. The molecular weight excluding hydrogens is 574 g/mol. The quantitative estimate of drug-likeness (QED) is 0.487. The Bertz CT molecular complexity index is 1570. The van der Waals surface area contributed by atoms with Crippen molar-refractivity contribution in [1.29, 1.82) is 0 Å². The van der Waals surface area contributed by atoms with Gasteiger partial charge in [0, 0.05) is 61.6 Å². The summed E-state index contributed by atoms with van der Waals surface area (Å²) in [4.78, 5) is 36.5. The number of sulfonamides is 1. The van der Waals surface area contributed by atoms with Crippen LogP contribution in [0.25, 0.3) is 10.8 Å².